The van der Waals surface area contributed by atoms with Gasteiger partial charge in [-0.15, -0.1) is 0 Å². The average molecular weight is 235 g/mol. The fourth-order valence-electron chi connectivity index (χ4n) is 1.08. The molecule has 1 heterocycles. The number of rotatable bonds is 3. The van der Waals surface area contributed by atoms with Gasteiger partial charge in [0.15, 0.2) is 0 Å². The fourth-order valence-corrected chi connectivity index (χ4v) is 3.69. The van der Waals surface area contributed by atoms with Gasteiger partial charge in [-0.2, -0.15) is 23.5 Å². The molecule has 0 bridgehead atoms. The molecule has 0 aromatic heterocycles. The van der Waals surface area contributed by atoms with E-state index < -0.39 is 5.60 Å². The fraction of sp³-hybridized carbons (Fsp3) is 0.889. The molecule has 0 aromatic carbocycles. The summed E-state index contributed by atoms with van der Waals surface area (Å²) < 4.78 is 0. The molecule has 1 saturated heterocycles. The van der Waals surface area contributed by atoms with Crippen LogP contribution in [0.25, 0.3) is 0 Å². The highest BCUT2D eigenvalue weighted by Gasteiger charge is 2.24. The SMILES string of the molecule is CC(C)(O)C(=O)NCC1CSCCS1. The second kappa shape index (κ2) is 5.28. The lowest BCUT2D eigenvalue weighted by atomic mass is 10.1. The van der Waals surface area contributed by atoms with Crippen molar-refractivity contribution in [1.29, 1.82) is 0 Å². The monoisotopic (exact) mass is 235 g/mol. The third-order valence-electron chi connectivity index (χ3n) is 1.93. The van der Waals surface area contributed by atoms with Gasteiger partial charge in [-0.1, -0.05) is 0 Å². The van der Waals surface area contributed by atoms with Crippen molar-refractivity contribution in [2.24, 2.45) is 0 Å². The molecule has 1 fully saturated rings. The minimum atomic E-state index is -1.26. The van der Waals surface area contributed by atoms with E-state index in [-0.39, 0.29) is 5.91 Å². The van der Waals surface area contributed by atoms with Crippen LogP contribution in [-0.4, -0.2) is 45.7 Å². The molecule has 1 amide bonds. The lowest BCUT2D eigenvalue weighted by Gasteiger charge is -2.23. The molecule has 0 aliphatic carbocycles. The van der Waals surface area contributed by atoms with Gasteiger partial charge in [-0.3, -0.25) is 4.79 Å². The Balaban J connectivity index is 2.22. The van der Waals surface area contributed by atoms with Gasteiger partial charge < -0.3 is 10.4 Å². The van der Waals surface area contributed by atoms with Crippen molar-refractivity contribution in [2.75, 3.05) is 23.8 Å². The second-order valence-electron chi connectivity index (χ2n) is 3.84. The average Bonchev–Trinajstić information content (AvgIpc) is 2.14. The van der Waals surface area contributed by atoms with Crippen LogP contribution in [0.15, 0.2) is 0 Å². The summed E-state index contributed by atoms with van der Waals surface area (Å²) in [7, 11) is 0. The lowest BCUT2D eigenvalue weighted by Crippen LogP contribution is -2.45. The summed E-state index contributed by atoms with van der Waals surface area (Å²) in [5.74, 6) is 3.18. The molecule has 2 N–H and O–H groups in total. The van der Waals surface area contributed by atoms with E-state index in [1.807, 2.05) is 23.5 Å². The molecule has 1 rings (SSSR count). The first-order valence-electron chi connectivity index (χ1n) is 4.70. The first kappa shape index (κ1) is 12.2. The number of aliphatic hydroxyl groups is 1. The first-order chi connectivity index (χ1) is 6.50. The van der Waals surface area contributed by atoms with E-state index in [4.69, 9.17) is 0 Å². The smallest absolute Gasteiger partial charge is 0.251 e. The number of carbonyl (C=O) groups excluding carboxylic acids is 1. The molecule has 1 aliphatic rings. The lowest BCUT2D eigenvalue weighted by molar-refractivity contribution is -0.136. The van der Waals surface area contributed by atoms with Gasteiger partial charge >= 0.3 is 0 Å². The molecule has 0 aromatic rings. The van der Waals surface area contributed by atoms with Crippen molar-refractivity contribution < 1.29 is 9.90 Å². The summed E-state index contributed by atoms with van der Waals surface area (Å²) in [6, 6.07) is 0. The highest BCUT2D eigenvalue weighted by Crippen LogP contribution is 2.23. The van der Waals surface area contributed by atoms with Crippen LogP contribution >= 0.6 is 23.5 Å². The van der Waals surface area contributed by atoms with Gasteiger partial charge in [0.05, 0.1) is 0 Å². The van der Waals surface area contributed by atoms with E-state index in [1.54, 1.807) is 0 Å². The first-order valence-corrected chi connectivity index (χ1v) is 6.90. The maximum absolute atomic E-state index is 11.3. The molecule has 0 radical (unpaired) electrons. The van der Waals surface area contributed by atoms with E-state index in [0.29, 0.717) is 11.8 Å². The normalized spacial score (nSPS) is 23.2. The summed E-state index contributed by atoms with van der Waals surface area (Å²) in [6.45, 7) is 3.68. The Morgan fingerprint density at radius 3 is 2.79 bits per heavy atom. The third-order valence-corrected chi connectivity index (χ3v) is 4.78. The Bertz CT molecular complexity index is 197. The van der Waals surface area contributed by atoms with Crippen LogP contribution < -0.4 is 5.32 Å². The number of thioether (sulfide) groups is 2. The quantitative estimate of drug-likeness (QED) is 0.757. The van der Waals surface area contributed by atoms with Crippen LogP contribution in [0.5, 0.6) is 0 Å². The number of hydrogen-bond acceptors (Lipinski definition) is 4. The van der Waals surface area contributed by atoms with E-state index >= 15 is 0 Å². The summed E-state index contributed by atoms with van der Waals surface area (Å²) in [5, 5.41) is 12.7. The standard InChI is InChI=1S/C9H17NO2S2/c1-9(2,12)8(11)10-5-7-6-13-3-4-14-7/h7,12H,3-6H2,1-2H3,(H,10,11). The predicted octanol–water partition coefficient (Wildman–Crippen LogP) is 0.722. The van der Waals surface area contributed by atoms with Crippen LogP contribution in [0, 0.1) is 0 Å². The number of hydrogen-bond donors (Lipinski definition) is 2. The number of nitrogens with one attached hydrogen (secondary N) is 1. The van der Waals surface area contributed by atoms with Gasteiger partial charge in [0.1, 0.15) is 5.60 Å². The van der Waals surface area contributed by atoms with Gasteiger partial charge in [0.2, 0.25) is 0 Å². The molecule has 1 unspecified atom stereocenters. The summed E-state index contributed by atoms with van der Waals surface area (Å²) in [4.78, 5) is 11.3. The van der Waals surface area contributed by atoms with Crippen LogP contribution in [0.4, 0.5) is 0 Å². The van der Waals surface area contributed by atoms with Crippen molar-refractivity contribution in [1.82, 2.24) is 5.32 Å². The summed E-state index contributed by atoms with van der Waals surface area (Å²) in [6.07, 6.45) is 0. The van der Waals surface area contributed by atoms with Crippen LogP contribution in [0.1, 0.15) is 13.8 Å². The topological polar surface area (TPSA) is 49.3 Å². The Morgan fingerprint density at radius 2 is 2.29 bits per heavy atom. The zero-order chi connectivity index (χ0) is 10.6. The van der Waals surface area contributed by atoms with Crippen molar-refractivity contribution in [2.45, 2.75) is 24.7 Å². The number of amides is 1. The Kier molecular flexibility index (Phi) is 4.60. The molecular formula is C9H17NO2S2. The molecular weight excluding hydrogens is 218 g/mol. The minimum absolute atomic E-state index is 0.284. The Morgan fingerprint density at radius 1 is 1.57 bits per heavy atom. The van der Waals surface area contributed by atoms with Crippen LogP contribution in [-0.2, 0) is 4.79 Å². The van der Waals surface area contributed by atoms with E-state index in [9.17, 15) is 9.90 Å². The van der Waals surface area contributed by atoms with Crippen molar-refractivity contribution in [3.8, 4) is 0 Å². The van der Waals surface area contributed by atoms with Gasteiger partial charge in [-0.05, 0) is 13.8 Å². The molecule has 1 atom stereocenters. The van der Waals surface area contributed by atoms with Crippen molar-refractivity contribution >= 4 is 29.4 Å². The Labute approximate surface area is 93.4 Å². The van der Waals surface area contributed by atoms with Crippen LogP contribution in [0.2, 0.25) is 0 Å². The molecule has 82 valence electrons. The highest BCUT2D eigenvalue weighted by atomic mass is 32.2. The maximum atomic E-state index is 11.3. The zero-order valence-electron chi connectivity index (χ0n) is 8.58. The molecule has 1 aliphatic heterocycles. The second-order valence-corrected chi connectivity index (χ2v) is 6.39. The van der Waals surface area contributed by atoms with E-state index in [1.165, 1.54) is 19.6 Å². The molecule has 3 nitrogen and oxygen atoms in total. The number of carbonyl (C=O) groups is 1. The molecule has 0 spiro atoms. The van der Waals surface area contributed by atoms with Crippen molar-refractivity contribution in [3.63, 3.8) is 0 Å². The van der Waals surface area contributed by atoms with E-state index in [0.717, 1.165) is 11.5 Å². The molecule has 14 heavy (non-hydrogen) atoms. The summed E-state index contributed by atoms with van der Waals surface area (Å²) >= 11 is 3.83. The molecule has 5 heteroatoms. The van der Waals surface area contributed by atoms with Crippen LogP contribution in [0.3, 0.4) is 0 Å². The molecule has 0 saturated carbocycles. The Hall–Kier alpha value is 0.130. The van der Waals surface area contributed by atoms with Gasteiger partial charge in [0, 0.05) is 29.1 Å². The van der Waals surface area contributed by atoms with Gasteiger partial charge in [0.25, 0.3) is 5.91 Å². The third kappa shape index (κ3) is 4.11. The largest absolute Gasteiger partial charge is 0.381 e. The zero-order valence-corrected chi connectivity index (χ0v) is 10.2. The van der Waals surface area contributed by atoms with E-state index in [2.05, 4.69) is 5.32 Å². The summed E-state index contributed by atoms with van der Waals surface area (Å²) in [5.41, 5.74) is -1.26. The highest BCUT2D eigenvalue weighted by molar-refractivity contribution is 8.06. The maximum Gasteiger partial charge on any atom is 0.251 e. The van der Waals surface area contributed by atoms with Crippen molar-refractivity contribution in [3.05, 3.63) is 0 Å². The predicted molar refractivity (Wildman–Crippen MR) is 62.9 cm³/mol. The minimum Gasteiger partial charge on any atom is -0.381 e. The van der Waals surface area contributed by atoms with Gasteiger partial charge in [-0.25, -0.2) is 0 Å².